The van der Waals surface area contributed by atoms with E-state index >= 15 is 0 Å². The van der Waals surface area contributed by atoms with Crippen molar-refractivity contribution in [3.8, 4) is 11.5 Å². The molecule has 2 rings (SSSR count). The topological polar surface area (TPSA) is 55.8 Å². The van der Waals surface area contributed by atoms with Crippen LogP contribution in [0.25, 0.3) is 0 Å². The van der Waals surface area contributed by atoms with E-state index in [2.05, 4.69) is 0 Å². The third-order valence-corrected chi connectivity index (χ3v) is 4.90. The lowest BCUT2D eigenvalue weighted by atomic mass is 9.96. The molecule has 0 aliphatic heterocycles. The predicted molar refractivity (Wildman–Crippen MR) is 79.5 cm³/mol. The summed E-state index contributed by atoms with van der Waals surface area (Å²) < 4.78 is 10.5. The smallest absolute Gasteiger partial charge is 0.161 e. The summed E-state index contributed by atoms with van der Waals surface area (Å²) in [6.45, 7) is 0. The van der Waals surface area contributed by atoms with Crippen molar-refractivity contribution in [2.75, 3.05) is 14.2 Å². The normalized spacial score (nSPS) is 22.6. The molecule has 0 bridgehead atoms. The lowest BCUT2D eigenvalue weighted by Crippen LogP contribution is -2.31. The van der Waals surface area contributed by atoms with Crippen molar-refractivity contribution in [2.45, 2.75) is 36.4 Å². The highest BCUT2D eigenvalue weighted by atomic mass is 32.2. The Kier molecular flexibility index (Phi) is 5.31. The summed E-state index contributed by atoms with van der Waals surface area (Å²) in [4.78, 5) is 11.5. The zero-order chi connectivity index (χ0) is 14.5. The van der Waals surface area contributed by atoms with Crippen LogP contribution in [0.4, 0.5) is 0 Å². The molecule has 2 unspecified atom stereocenters. The Labute approximate surface area is 123 Å². The van der Waals surface area contributed by atoms with E-state index in [4.69, 9.17) is 9.47 Å². The van der Waals surface area contributed by atoms with E-state index in [9.17, 15) is 9.90 Å². The van der Waals surface area contributed by atoms with Crippen molar-refractivity contribution >= 4 is 17.5 Å². The first-order chi connectivity index (χ1) is 9.63. The van der Waals surface area contributed by atoms with Gasteiger partial charge >= 0.3 is 0 Å². The van der Waals surface area contributed by atoms with Crippen LogP contribution in [0.3, 0.4) is 0 Å². The van der Waals surface area contributed by atoms with Crippen molar-refractivity contribution in [3.05, 3.63) is 23.8 Å². The molecule has 1 aromatic carbocycles. The fourth-order valence-corrected chi connectivity index (χ4v) is 3.55. The Balaban J connectivity index is 1.98. The second kappa shape index (κ2) is 6.99. The highest BCUT2D eigenvalue weighted by Gasteiger charge is 2.27. The fourth-order valence-electron chi connectivity index (χ4n) is 2.30. The van der Waals surface area contributed by atoms with Crippen LogP contribution >= 0.6 is 11.8 Å². The number of hydrogen-bond donors (Lipinski definition) is 1. The number of ether oxygens (including phenoxy) is 2. The molecule has 5 heteroatoms. The molecule has 1 N–H and O–H groups in total. The minimum atomic E-state index is -0.377. The monoisotopic (exact) mass is 296 g/mol. The molecular weight excluding hydrogens is 276 g/mol. The van der Waals surface area contributed by atoms with E-state index < -0.39 is 0 Å². The molecule has 20 heavy (non-hydrogen) atoms. The molecule has 0 heterocycles. The van der Waals surface area contributed by atoms with Crippen LogP contribution in [0.5, 0.6) is 11.5 Å². The number of carbonyl (C=O) groups is 1. The van der Waals surface area contributed by atoms with Crippen LogP contribution in [0.2, 0.25) is 0 Å². The lowest BCUT2D eigenvalue weighted by molar-refractivity contribution is -0.121. The van der Waals surface area contributed by atoms with Gasteiger partial charge in [0.2, 0.25) is 0 Å². The van der Waals surface area contributed by atoms with E-state index in [1.165, 1.54) is 0 Å². The summed E-state index contributed by atoms with van der Waals surface area (Å²) in [5.74, 6) is 2.40. The number of methoxy groups -OCH3 is 2. The van der Waals surface area contributed by atoms with E-state index in [0.717, 1.165) is 11.3 Å². The molecule has 1 saturated carbocycles. The van der Waals surface area contributed by atoms with Crippen molar-refractivity contribution in [1.82, 2.24) is 0 Å². The zero-order valence-corrected chi connectivity index (χ0v) is 12.6. The van der Waals surface area contributed by atoms with Crippen LogP contribution in [-0.2, 0) is 10.5 Å². The van der Waals surface area contributed by atoms with Gasteiger partial charge in [0.15, 0.2) is 11.5 Å². The van der Waals surface area contributed by atoms with Gasteiger partial charge in [0.1, 0.15) is 5.78 Å². The molecule has 0 amide bonds. The van der Waals surface area contributed by atoms with Crippen LogP contribution < -0.4 is 9.47 Å². The van der Waals surface area contributed by atoms with Crippen LogP contribution in [0.1, 0.15) is 24.8 Å². The van der Waals surface area contributed by atoms with Crippen LogP contribution in [0, 0.1) is 0 Å². The Morgan fingerprint density at radius 2 is 2.05 bits per heavy atom. The Morgan fingerprint density at radius 3 is 2.75 bits per heavy atom. The molecule has 4 nitrogen and oxygen atoms in total. The lowest BCUT2D eigenvalue weighted by Gasteiger charge is -2.26. The van der Waals surface area contributed by atoms with E-state index in [0.29, 0.717) is 30.8 Å². The van der Waals surface area contributed by atoms with Gasteiger partial charge in [-0.15, -0.1) is 0 Å². The quantitative estimate of drug-likeness (QED) is 0.904. The number of benzene rings is 1. The van der Waals surface area contributed by atoms with Crippen molar-refractivity contribution < 1.29 is 19.4 Å². The van der Waals surface area contributed by atoms with Crippen molar-refractivity contribution in [3.63, 3.8) is 0 Å². The first-order valence-electron chi connectivity index (χ1n) is 6.66. The van der Waals surface area contributed by atoms with Gasteiger partial charge in [-0.25, -0.2) is 0 Å². The number of carbonyl (C=O) groups excluding carboxylic acids is 1. The maximum absolute atomic E-state index is 11.5. The first-order valence-corrected chi connectivity index (χ1v) is 7.71. The Hall–Kier alpha value is -1.20. The SMILES string of the molecule is COc1ccc(CSC2CC(=O)CCC2O)cc1OC. The molecule has 0 radical (unpaired) electrons. The second-order valence-electron chi connectivity index (χ2n) is 4.89. The molecule has 0 saturated heterocycles. The number of aliphatic hydroxyl groups excluding tert-OH is 1. The van der Waals surface area contributed by atoms with Gasteiger partial charge in [0.05, 0.1) is 20.3 Å². The van der Waals surface area contributed by atoms with Gasteiger partial charge < -0.3 is 14.6 Å². The maximum atomic E-state index is 11.5. The average Bonchev–Trinajstić information content (AvgIpc) is 2.47. The van der Waals surface area contributed by atoms with Crippen molar-refractivity contribution in [1.29, 1.82) is 0 Å². The molecule has 1 aromatic rings. The number of aliphatic hydroxyl groups is 1. The predicted octanol–water partition coefficient (Wildman–Crippen LogP) is 2.42. The average molecular weight is 296 g/mol. The molecular formula is C15H20O4S. The fraction of sp³-hybridized carbons (Fsp3) is 0.533. The molecule has 1 aliphatic rings. The summed E-state index contributed by atoms with van der Waals surface area (Å²) >= 11 is 1.63. The third kappa shape index (κ3) is 3.67. The van der Waals surface area contributed by atoms with Crippen molar-refractivity contribution in [2.24, 2.45) is 0 Å². The first kappa shape index (κ1) is 15.2. The number of thioether (sulfide) groups is 1. The van der Waals surface area contributed by atoms with Gasteiger partial charge in [-0.2, -0.15) is 11.8 Å². The van der Waals surface area contributed by atoms with Gasteiger partial charge in [-0.3, -0.25) is 4.79 Å². The van der Waals surface area contributed by atoms with E-state index in [-0.39, 0.29) is 17.1 Å². The van der Waals surface area contributed by atoms with Gasteiger partial charge in [-0.1, -0.05) is 6.07 Å². The minimum Gasteiger partial charge on any atom is -0.493 e. The largest absolute Gasteiger partial charge is 0.493 e. The second-order valence-corrected chi connectivity index (χ2v) is 6.12. The number of rotatable bonds is 5. The summed E-state index contributed by atoms with van der Waals surface area (Å²) in [6, 6.07) is 5.78. The molecule has 1 aliphatic carbocycles. The maximum Gasteiger partial charge on any atom is 0.161 e. The molecule has 1 fully saturated rings. The van der Waals surface area contributed by atoms with Crippen LogP contribution in [-0.4, -0.2) is 36.5 Å². The zero-order valence-electron chi connectivity index (χ0n) is 11.8. The van der Waals surface area contributed by atoms with Gasteiger partial charge in [-0.05, 0) is 24.1 Å². The molecule has 0 spiro atoms. The molecule has 0 aromatic heterocycles. The highest BCUT2D eigenvalue weighted by molar-refractivity contribution is 7.99. The Morgan fingerprint density at radius 1 is 1.30 bits per heavy atom. The number of ketones is 1. The summed E-state index contributed by atoms with van der Waals surface area (Å²) in [5.41, 5.74) is 1.10. The van der Waals surface area contributed by atoms with E-state index in [1.807, 2.05) is 18.2 Å². The Bertz CT molecular complexity index is 475. The minimum absolute atomic E-state index is 0.00402. The summed E-state index contributed by atoms with van der Waals surface area (Å²) in [7, 11) is 3.22. The molecule has 2 atom stereocenters. The third-order valence-electron chi connectivity index (χ3n) is 3.49. The summed E-state index contributed by atoms with van der Waals surface area (Å²) in [6.07, 6.45) is 1.19. The summed E-state index contributed by atoms with van der Waals surface area (Å²) in [5, 5.41) is 9.93. The van der Waals surface area contributed by atoms with Gasteiger partial charge in [0, 0.05) is 23.8 Å². The van der Waals surface area contributed by atoms with E-state index in [1.54, 1.807) is 26.0 Å². The van der Waals surface area contributed by atoms with Crippen LogP contribution in [0.15, 0.2) is 18.2 Å². The van der Waals surface area contributed by atoms with Gasteiger partial charge in [0.25, 0.3) is 0 Å². The standard InChI is InChI=1S/C15H20O4S/c1-18-13-6-3-10(7-14(13)19-2)9-20-15-8-11(16)4-5-12(15)17/h3,6-7,12,15,17H,4-5,8-9H2,1-2H3. The number of hydrogen-bond acceptors (Lipinski definition) is 5. The molecule has 110 valence electrons. The number of Topliss-reactive ketones (excluding diaryl/α,β-unsaturated/α-hetero) is 1. The highest BCUT2D eigenvalue weighted by Crippen LogP contribution is 2.32.